The number of aryl methyl sites for hydroxylation is 2. The Kier molecular flexibility index (Phi) is 3.89. The molecule has 27 heavy (non-hydrogen) atoms. The van der Waals surface area contributed by atoms with E-state index in [1.807, 2.05) is 12.1 Å². The van der Waals surface area contributed by atoms with E-state index in [4.69, 9.17) is 15.1 Å². The standard InChI is InChI=1S/C20H23N7/c1-13-9-14(2)27(25-13)16-5-8-26(12-16)20-17-10-22-11-18(17)23-19(24-20)15-3-6-21-7-4-15/h3-4,6-7,9,16,22H,5,8,10-12H2,1-2H3. The molecule has 3 aromatic heterocycles. The maximum Gasteiger partial charge on any atom is 0.161 e. The first kappa shape index (κ1) is 16.4. The molecule has 0 aromatic carbocycles. The molecule has 1 atom stereocenters. The van der Waals surface area contributed by atoms with Gasteiger partial charge < -0.3 is 10.2 Å². The molecule has 0 amide bonds. The summed E-state index contributed by atoms with van der Waals surface area (Å²) < 4.78 is 2.18. The van der Waals surface area contributed by atoms with Gasteiger partial charge in [-0.2, -0.15) is 5.10 Å². The molecule has 5 rings (SSSR count). The number of fused-ring (bicyclic) bond motifs is 1. The third-order valence-electron chi connectivity index (χ3n) is 5.46. The Balaban J connectivity index is 1.50. The summed E-state index contributed by atoms with van der Waals surface area (Å²) in [7, 11) is 0. The third kappa shape index (κ3) is 2.88. The second-order valence-electron chi connectivity index (χ2n) is 7.40. The van der Waals surface area contributed by atoms with E-state index in [0.29, 0.717) is 6.04 Å². The van der Waals surface area contributed by atoms with Crippen LogP contribution in [0.4, 0.5) is 5.82 Å². The van der Waals surface area contributed by atoms with E-state index in [1.165, 1.54) is 11.3 Å². The molecule has 138 valence electrons. The molecule has 2 aliphatic heterocycles. The molecule has 0 radical (unpaired) electrons. The van der Waals surface area contributed by atoms with Crippen LogP contribution < -0.4 is 10.2 Å². The molecule has 1 N–H and O–H groups in total. The molecule has 3 aromatic rings. The van der Waals surface area contributed by atoms with E-state index in [1.54, 1.807) is 12.4 Å². The molecule has 5 heterocycles. The van der Waals surface area contributed by atoms with Crippen LogP contribution in [0.1, 0.15) is 35.1 Å². The van der Waals surface area contributed by atoms with Crippen molar-refractivity contribution in [3.63, 3.8) is 0 Å². The Bertz CT molecular complexity index is 979. The molecule has 1 unspecified atom stereocenters. The van der Waals surface area contributed by atoms with E-state index in [0.717, 1.165) is 61.2 Å². The molecule has 0 bridgehead atoms. The van der Waals surface area contributed by atoms with Gasteiger partial charge in [0, 0.05) is 55.4 Å². The van der Waals surface area contributed by atoms with Crippen molar-refractivity contribution >= 4 is 5.82 Å². The van der Waals surface area contributed by atoms with Gasteiger partial charge in [-0.15, -0.1) is 0 Å². The van der Waals surface area contributed by atoms with Crippen molar-refractivity contribution in [2.24, 2.45) is 0 Å². The lowest BCUT2D eigenvalue weighted by atomic mass is 10.2. The van der Waals surface area contributed by atoms with Crippen LogP contribution in [0.25, 0.3) is 11.4 Å². The van der Waals surface area contributed by atoms with E-state index in [-0.39, 0.29) is 0 Å². The van der Waals surface area contributed by atoms with E-state index in [2.05, 4.69) is 39.8 Å². The zero-order valence-corrected chi connectivity index (χ0v) is 15.7. The number of anilines is 1. The topological polar surface area (TPSA) is 71.8 Å². The van der Waals surface area contributed by atoms with Crippen molar-refractivity contribution in [3.05, 3.63) is 53.2 Å². The molecule has 1 saturated heterocycles. The Morgan fingerprint density at radius 1 is 1.11 bits per heavy atom. The van der Waals surface area contributed by atoms with Gasteiger partial charge in [0.2, 0.25) is 0 Å². The van der Waals surface area contributed by atoms with Crippen molar-refractivity contribution in [3.8, 4) is 11.4 Å². The molecule has 7 nitrogen and oxygen atoms in total. The quantitative estimate of drug-likeness (QED) is 0.772. The molecular formula is C20H23N7. The monoisotopic (exact) mass is 361 g/mol. The Hall–Kier alpha value is -2.80. The summed E-state index contributed by atoms with van der Waals surface area (Å²) in [5.74, 6) is 1.85. The van der Waals surface area contributed by atoms with Crippen LogP contribution in [0, 0.1) is 13.8 Å². The van der Waals surface area contributed by atoms with Crippen molar-refractivity contribution in [1.29, 1.82) is 0 Å². The first-order valence-corrected chi connectivity index (χ1v) is 9.47. The van der Waals surface area contributed by atoms with Crippen molar-refractivity contribution in [2.45, 2.75) is 39.4 Å². The number of hydrogen-bond acceptors (Lipinski definition) is 6. The highest BCUT2D eigenvalue weighted by Gasteiger charge is 2.30. The molecule has 0 saturated carbocycles. The lowest BCUT2D eigenvalue weighted by molar-refractivity contribution is 0.481. The van der Waals surface area contributed by atoms with Gasteiger partial charge in [-0.3, -0.25) is 9.67 Å². The highest BCUT2D eigenvalue weighted by Crippen LogP contribution is 2.33. The number of nitrogens with zero attached hydrogens (tertiary/aromatic N) is 6. The molecule has 0 aliphatic carbocycles. The van der Waals surface area contributed by atoms with Gasteiger partial charge in [-0.25, -0.2) is 9.97 Å². The smallest absolute Gasteiger partial charge is 0.161 e. The molecule has 1 fully saturated rings. The summed E-state index contributed by atoms with van der Waals surface area (Å²) >= 11 is 0. The minimum Gasteiger partial charge on any atom is -0.354 e. The first-order valence-electron chi connectivity index (χ1n) is 9.47. The number of hydrogen-bond donors (Lipinski definition) is 1. The fourth-order valence-corrected chi connectivity index (χ4v) is 4.19. The minimum atomic E-state index is 0.392. The Morgan fingerprint density at radius 2 is 1.96 bits per heavy atom. The van der Waals surface area contributed by atoms with Gasteiger partial charge in [0.25, 0.3) is 0 Å². The van der Waals surface area contributed by atoms with Gasteiger partial charge in [0.1, 0.15) is 5.82 Å². The maximum atomic E-state index is 4.97. The highest BCUT2D eigenvalue weighted by atomic mass is 15.4. The lowest BCUT2D eigenvalue weighted by Gasteiger charge is -2.21. The molecule has 7 heteroatoms. The summed E-state index contributed by atoms with van der Waals surface area (Å²) in [5, 5.41) is 8.12. The van der Waals surface area contributed by atoms with Crippen LogP contribution in [0.15, 0.2) is 30.6 Å². The van der Waals surface area contributed by atoms with Crippen LogP contribution in [0.2, 0.25) is 0 Å². The van der Waals surface area contributed by atoms with E-state index >= 15 is 0 Å². The molecule has 0 spiro atoms. The molecular weight excluding hydrogens is 338 g/mol. The summed E-state index contributed by atoms with van der Waals surface area (Å²) in [6, 6.07) is 6.48. The normalized spacial score (nSPS) is 18.9. The predicted molar refractivity (Wildman–Crippen MR) is 103 cm³/mol. The second-order valence-corrected chi connectivity index (χ2v) is 7.40. The van der Waals surface area contributed by atoms with Crippen molar-refractivity contribution in [2.75, 3.05) is 18.0 Å². The zero-order valence-electron chi connectivity index (χ0n) is 15.7. The van der Waals surface area contributed by atoms with Crippen LogP contribution in [-0.2, 0) is 13.1 Å². The number of nitrogens with one attached hydrogen (secondary N) is 1. The van der Waals surface area contributed by atoms with Gasteiger partial charge >= 0.3 is 0 Å². The number of rotatable bonds is 3. The fourth-order valence-electron chi connectivity index (χ4n) is 4.19. The zero-order chi connectivity index (χ0) is 18.4. The summed E-state index contributed by atoms with van der Waals surface area (Å²) in [4.78, 5) is 16.3. The number of pyridine rings is 1. The van der Waals surface area contributed by atoms with Gasteiger partial charge in [-0.1, -0.05) is 0 Å². The average Bonchev–Trinajstić information content (AvgIpc) is 3.41. The van der Waals surface area contributed by atoms with Gasteiger partial charge in [-0.05, 0) is 38.5 Å². The van der Waals surface area contributed by atoms with Crippen LogP contribution >= 0.6 is 0 Å². The van der Waals surface area contributed by atoms with Crippen LogP contribution in [0.3, 0.4) is 0 Å². The van der Waals surface area contributed by atoms with Crippen LogP contribution in [-0.4, -0.2) is 37.8 Å². The fraction of sp³-hybridized carbons (Fsp3) is 0.400. The second kappa shape index (κ2) is 6.42. The number of aromatic nitrogens is 5. The summed E-state index contributed by atoms with van der Waals surface area (Å²) in [5.41, 5.74) is 5.67. The first-order chi connectivity index (χ1) is 13.2. The molecule has 2 aliphatic rings. The maximum absolute atomic E-state index is 4.97. The van der Waals surface area contributed by atoms with E-state index in [9.17, 15) is 0 Å². The summed E-state index contributed by atoms with van der Waals surface area (Å²) in [6.07, 6.45) is 4.66. The van der Waals surface area contributed by atoms with Crippen molar-refractivity contribution < 1.29 is 0 Å². The average molecular weight is 361 g/mol. The minimum absolute atomic E-state index is 0.392. The lowest BCUT2D eigenvalue weighted by Crippen LogP contribution is -2.24. The largest absolute Gasteiger partial charge is 0.354 e. The SMILES string of the molecule is Cc1cc(C)n(C2CCN(c3nc(-c4ccncc4)nc4c3CNC4)C2)n1. The summed E-state index contributed by atoms with van der Waals surface area (Å²) in [6.45, 7) is 7.75. The van der Waals surface area contributed by atoms with Crippen LogP contribution in [0.5, 0.6) is 0 Å². The van der Waals surface area contributed by atoms with E-state index < -0.39 is 0 Å². The predicted octanol–water partition coefficient (Wildman–Crippen LogP) is 2.41. The highest BCUT2D eigenvalue weighted by molar-refractivity contribution is 5.61. The van der Waals surface area contributed by atoms with Gasteiger partial charge in [0.15, 0.2) is 5.82 Å². The van der Waals surface area contributed by atoms with Gasteiger partial charge in [0.05, 0.1) is 17.4 Å². The third-order valence-corrected chi connectivity index (χ3v) is 5.46. The van der Waals surface area contributed by atoms with Crippen molar-refractivity contribution in [1.82, 2.24) is 30.0 Å². The Labute approximate surface area is 158 Å². The Morgan fingerprint density at radius 3 is 2.74 bits per heavy atom.